The van der Waals surface area contributed by atoms with Crippen LogP contribution in [0.4, 0.5) is 0 Å². The summed E-state index contributed by atoms with van der Waals surface area (Å²) in [4.78, 5) is 10.8. The summed E-state index contributed by atoms with van der Waals surface area (Å²) in [7, 11) is 0. The van der Waals surface area contributed by atoms with Crippen molar-refractivity contribution in [3.05, 3.63) is 24.3 Å². The van der Waals surface area contributed by atoms with E-state index in [2.05, 4.69) is 21.8 Å². The molecule has 0 spiro atoms. The Morgan fingerprint density at radius 3 is 3.19 bits per heavy atom. The molecule has 0 amide bonds. The van der Waals surface area contributed by atoms with E-state index in [-0.39, 0.29) is 12.1 Å². The number of morpholine rings is 1. The molecule has 0 aliphatic carbocycles. The van der Waals surface area contributed by atoms with Gasteiger partial charge in [-0.25, -0.2) is 0 Å². The number of hydrogen-bond acceptors (Lipinski definition) is 5. The average Bonchev–Trinajstić information content (AvgIpc) is 2.39. The van der Waals surface area contributed by atoms with Gasteiger partial charge in [0.1, 0.15) is 0 Å². The van der Waals surface area contributed by atoms with Crippen molar-refractivity contribution >= 4 is 0 Å². The highest BCUT2D eigenvalue weighted by molar-refractivity contribution is 5.01. The van der Waals surface area contributed by atoms with Crippen LogP contribution in [0.5, 0.6) is 0 Å². The maximum atomic E-state index is 5.62. The molecule has 5 heteroatoms. The maximum Gasteiger partial charge on any atom is 0.0824 e. The van der Waals surface area contributed by atoms with Crippen molar-refractivity contribution in [2.24, 2.45) is 5.73 Å². The van der Waals surface area contributed by atoms with Crippen LogP contribution in [-0.4, -0.2) is 47.2 Å². The van der Waals surface area contributed by atoms with Gasteiger partial charge >= 0.3 is 0 Å². The van der Waals surface area contributed by atoms with Gasteiger partial charge in [-0.3, -0.25) is 14.9 Å². The monoisotopic (exact) mass is 222 g/mol. The van der Waals surface area contributed by atoms with Crippen molar-refractivity contribution in [1.82, 2.24) is 14.9 Å². The average molecular weight is 222 g/mol. The summed E-state index contributed by atoms with van der Waals surface area (Å²) in [5, 5.41) is 0. The first-order valence-corrected chi connectivity index (χ1v) is 5.63. The molecule has 0 radical (unpaired) electrons. The van der Waals surface area contributed by atoms with E-state index in [1.807, 2.05) is 6.20 Å². The standard InChI is InChI=1S/C11H18N4O/c1-9(11-7-13-2-3-14-11)15-4-5-16-10(6-12)8-15/h2-3,7,9-10H,4-6,8,12H2,1H3. The number of nitrogens with zero attached hydrogens (tertiary/aromatic N) is 3. The Balaban J connectivity index is 2.01. The number of ether oxygens (including phenoxy) is 1. The summed E-state index contributed by atoms with van der Waals surface area (Å²) < 4.78 is 5.54. The molecule has 5 nitrogen and oxygen atoms in total. The lowest BCUT2D eigenvalue weighted by atomic mass is 10.1. The van der Waals surface area contributed by atoms with E-state index in [9.17, 15) is 0 Å². The van der Waals surface area contributed by atoms with Gasteiger partial charge in [0.05, 0.1) is 24.4 Å². The normalized spacial score (nSPS) is 24.2. The quantitative estimate of drug-likeness (QED) is 0.791. The molecule has 2 atom stereocenters. The lowest BCUT2D eigenvalue weighted by Crippen LogP contribution is -2.46. The Labute approximate surface area is 95.6 Å². The van der Waals surface area contributed by atoms with Gasteiger partial charge in [0, 0.05) is 38.2 Å². The van der Waals surface area contributed by atoms with Gasteiger partial charge in [-0.15, -0.1) is 0 Å². The van der Waals surface area contributed by atoms with Gasteiger partial charge in [-0.05, 0) is 6.92 Å². The van der Waals surface area contributed by atoms with Crippen molar-refractivity contribution in [1.29, 1.82) is 0 Å². The third-order valence-electron chi connectivity index (χ3n) is 2.99. The van der Waals surface area contributed by atoms with Crippen molar-refractivity contribution in [3.8, 4) is 0 Å². The second-order valence-corrected chi connectivity index (χ2v) is 4.03. The molecule has 0 bridgehead atoms. The number of hydrogen-bond donors (Lipinski definition) is 1. The highest BCUT2D eigenvalue weighted by Gasteiger charge is 2.24. The minimum absolute atomic E-state index is 0.146. The molecule has 0 saturated carbocycles. The predicted octanol–water partition coefficient (Wildman–Crippen LogP) is 0.197. The summed E-state index contributed by atoms with van der Waals surface area (Å²) in [6, 6.07) is 0.270. The Morgan fingerprint density at radius 2 is 2.50 bits per heavy atom. The van der Waals surface area contributed by atoms with Crippen LogP contribution in [0, 0.1) is 0 Å². The van der Waals surface area contributed by atoms with Crippen LogP contribution in [0.15, 0.2) is 18.6 Å². The third kappa shape index (κ3) is 2.55. The Hall–Kier alpha value is -1.04. The van der Waals surface area contributed by atoms with E-state index in [1.165, 1.54) is 0 Å². The molecule has 0 aromatic carbocycles. The van der Waals surface area contributed by atoms with Gasteiger partial charge in [-0.1, -0.05) is 0 Å². The fraction of sp³-hybridized carbons (Fsp3) is 0.636. The van der Waals surface area contributed by atoms with Crippen LogP contribution in [0.1, 0.15) is 18.7 Å². The van der Waals surface area contributed by atoms with Crippen LogP contribution in [0.2, 0.25) is 0 Å². The molecule has 2 unspecified atom stereocenters. The topological polar surface area (TPSA) is 64.3 Å². The zero-order chi connectivity index (χ0) is 11.4. The lowest BCUT2D eigenvalue weighted by Gasteiger charge is -2.36. The van der Waals surface area contributed by atoms with E-state index in [0.717, 1.165) is 25.4 Å². The van der Waals surface area contributed by atoms with E-state index >= 15 is 0 Å². The molecule has 1 aromatic rings. The minimum atomic E-state index is 0.146. The lowest BCUT2D eigenvalue weighted by molar-refractivity contribution is -0.0370. The molecule has 1 aromatic heterocycles. The molecule has 2 heterocycles. The molecule has 1 aliphatic heterocycles. The van der Waals surface area contributed by atoms with E-state index in [0.29, 0.717) is 6.54 Å². The maximum absolute atomic E-state index is 5.62. The fourth-order valence-electron chi connectivity index (χ4n) is 1.95. The van der Waals surface area contributed by atoms with Crippen LogP contribution >= 0.6 is 0 Å². The van der Waals surface area contributed by atoms with Crippen molar-refractivity contribution in [3.63, 3.8) is 0 Å². The van der Waals surface area contributed by atoms with Crippen LogP contribution < -0.4 is 5.73 Å². The first kappa shape index (κ1) is 11.4. The first-order valence-electron chi connectivity index (χ1n) is 5.63. The van der Waals surface area contributed by atoms with Gasteiger partial charge in [-0.2, -0.15) is 0 Å². The smallest absolute Gasteiger partial charge is 0.0824 e. The molecule has 1 saturated heterocycles. The van der Waals surface area contributed by atoms with Crippen molar-refractivity contribution in [2.75, 3.05) is 26.2 Å². The zero-order valence-corrected chi connectivity index (χ0v) is 9.54. The van der Waals surface area contributed by atoms with Crippen molar-refractivity contribution < 1.29 is 4.74 Å². The molecular formula is C11H18N4O. The van der Waals surface area contributed by atoms with Crippen LogP contribution in [0.3, 0.4) is 0 Å². The van der Waals surface area contributed by atoms with Crippen LogP contribution in [0.25, 0.3) is 0 Å². The number of rotatable bonds is 3. The molecule has 1 aliphatic rings. The largest absolute Gasteiger partial charge is 0.374 e. The van der Waals surface area contributed by atoms with Crippen LogP contribution in [-0.2, 0) is 4.74 Å². The number of aromatic nitrogens is 2. The van der Waals surface area contributed by atoms with Gasteiger partial charge in [0.2, 0.25) is 0 Å². The second kappa shape index (κ2) is 5.34. The summed E-state index contributed by atoms with van der Waals surface area (Å²) >= 11 is 0. The summed E-state index contributed by atoms with van der Waals surface area (Å²) in [5.74, 6) is 0. The summed E-state index contributed by atoms with van der Waals surface area (Å²) in [6.07, 6.45) is 5.38. The SMILES string of the molecule is CC(c1cnccn1)N1CCOC(CN)C1. The summed E-state index contributed by atoms with van der Waals surface area (Å²) in [5.41, 5.74) is 6.62. The highest BCUT2D eigenvalue weighted by Crippen LogP contribution is 2.19. The second-order valence-electron chi connectivity index (χ2n) is 4.03. The highest BCUT2D eigenvalue weighted by atomic mass is 16.5. The van der Waals surface area contributed by atoms with E-state index in [4.69, 9.17) is 10.5 Å². The molecule has 2 rings (SSSR count). The molecule has 16 heavy (non-hydrogen) atoms. The fourth-order valence-corrected chi connectivity index (χ4v) is 1.95. The Bertz CT molecular complexity index is 319. The van der Waals surface area contributed by atoms with Crippen molar-refractivity contribution in [2.45, 2.75) is 19.1 Å². The molecule has 88 valence electrons. The van der Waals surface area contributed by atoms with E-state index in [1.54, 1.807) is 12.4 Å². The van der Waals surface area contributed by atoms with Gasteiger partial charge in [0.25, 0.3) is 0 Å². The van der Waals surface area contributed by atoms with Gasteiger partial charge < -0.3 is 10.5 Å². The first-order chi connectivity index (χ1) is 7.81. The predicted molar refractivity (Wildman–Crippen MR) is 60.8 cm³/mol. The summed E-state index contributed by atoms with van der Waals surface area (Å²) in [6.45, 7) is 5.25. The zero-order valence-electron chi connectivity index (χ0n) is 9.54. The number of nitrogens with two attached hydrogens (primary N) is 1. The Morgan fingerprint density at radius 1 is 1.62 bits per heavy atom. The Kier molecular flexibility index (Phi) is 3.82. The molecular weight excluding hydrogens is 204 g/mol. The minimum Gasteiger partial charge on any atom is -0.374 e. The third-order valence-corrected chi connectivity index (χ3v) is 2.99. The van der Waals surface area contributed by atoms with E-state index < -0.39 is 0 Å². The molecule has 2 N–H and O–H groups in total. The molecule has 1 fully saturated rings. The van der Waals surface area contributed by atoms with Gasteiger partial charge in [0.15, 0.2) is 0 Å².